The van der Waals surface area contributed by atoms with Gasteiger partial charge in [-0.1, -0.05) is 48.0 Å². The zero-order valence-corrected chi connectivity index (χ0v) is 23.3. The molecule has 5 rings (SSSR count). The van der Waals surface area contributed by atoms with Crippen LogP contribution in [0.5, 0.6) is 0 Å². The Morgan fingerprint density at radius 1 is 1.15 bits per heavy atom. The summed E-state index contributed by atoms with van der Waals surface area (Å²) in [5, 5.41) is 3.14. The van der Waals surface area contributed by atoms with Crippen LogP contribution in [0.3, 0.4) is 0 Å². The van der Waals surface area contributed by atoms with E-state index in [2.05, 4.69) is 10.3 Å². The number of rotatable bonds is 9. The summed E-state index contributed by atoms with van der Waals surface area (Å²) in [7, 11) is -4.05. The Morgan fingerprint density at radius 3 is 2.58 bits per heavy atom. The average molecular weight is 583 g/mol. The summed E-state index contributed by atoms with van der Waals surface area (Å²) < 4.78 is 49.9. The van der Waals surface area contributed by atoms with Crippen LogP contribution in [0.2, 0.25) is 5.02 Å². The molecule has 0 aliphatic carbocycles. The number of anilines is 1. The van der Waals surface area contributed by atoms with Crippen molar-refractivity contribution in [2.75, 3.05) is 25.0 Å². The lowest BCUT2D eigenvalue weighted by Gasteiger charge is -2.24. The molecule has 0 saturated carbocycles. The van der Waals surface area contributed by atoms with Gasteiger partial charge in [-0.15, -0.1) is 0 Å². The van der Waals surface area contributed by atoms with Crippen LogP contribution in [0, 0.1) is 12.7 Å². The van der Waals surface area contributed by atoms with Crippen molar-refractivity contribution in [1.29, 1.82) is 0 Å². The number of carbonyl (C=O) groups is 1. The average Bonchev–Trinajstić information content (AvgIpc) is 3.61. The molecular formula is C29H28ClFN4O4S. The molecule has 1 amide bonds. The Morgan fingerprint density at radius 2 is 1.90 bits per heavy atom. The van der Waals surface area contributed by atoms with Gasteiger partial charge in [0.25, 0.3) is 0 Å². The van der Waals surface area contributed by atoms with Crippen molar-refractivity contribution in [3.63, 3.8) is 0 Å². The normalized spacial score (nSPS) is 15.4. The summed E-state index contributed by atoms with van der Waals surface area (Å²) in [6.45, 7) is 1.75. The number of nitrogens with one attached hydrogen (secondary N) is 1. The molecule has 11 heteroatoms. The number of imidazole rings is 1. The van der Waals surface area contributed by atoms with Crippen molar-refractivity contribution in [3.05, 3.63) is 95.4 Å². The second-order valence-electron chi connectivity index (χ2n) is 9.55. The zero-order chi connectivity index (χ0) is 28.3. The standard InChI is InChI=1S/C29H28ClFN4O4S/c1-20-9-12-23(16-26(20)31)35-18-27(21-6-3-2-4-7-21)32-29(35)33-28(36)19-34(17-24-8-5-15-39-24)40(37,38)25-13-10-22(30)11-14-25/h2-4,6-7,9-14,16,18,24H,5,8,15,17,19H2,1H3,(H,32,33,36)/t24-/m0/s1. The van der Waals surface area contributed by atoms with E-state index in [1.165, 1.54) is 30.3 Å². The van der Waals surface area contributed by atoms with Crippen molar-refractivity contribution in [2.45, 2.75) is 30.8 Å². The number of carbonyl (C=O) groups excluding carboxylic acids is 1. The molecule has 8 nitrogen and oxygen atoms in total. The number of aromatic nitrogens is 2. The van der Waals surface area contributed by atoms with Gasteiger partial charge in [0.05, 0.1) is 28.9 Å². The van der Waals surface area contributed by atoms with Gasteiger partial charge < -0.3 is 4.74 Å². The molecule has 1 fully saturated rings. The number of amides is 1. The number of ether oxygens (including phenoxy) is 1. The van der Waals surface area contributed by atoms with Crippen LogP contribution in [0.4, 0.5) is 10.3 Å². The highest BCUT2D eigenvalue weighted by atomic mass is 35.5. The molecule has 3 aromatic carbocycles. The van der Waals surface area contributed by atoms with E-state index >= 15 is 0 Å². The van der Waals surface area contributed by atoms with E-state index in [1.54, 1.807) is 29.8 Å². The quantitative estimate of drug-likeness (QED) is 0.283. The van der Waals surface area contributed by atoms with Crippen LogP contribution in [0.25, 0.3) is 16.9 Å². The molecule has 1 N–H and O–H groups in total. The lowest BCUT2D eigenvalue weighted by molar-refractivity contribution is -0.116. The highest BCUT2D eigenvalue weighted by Crippen LogP contribution is 2.26. The van der Waals surface area contributed by atoms with Crippen LogP contribution in [-0.2, 0) is 19.6 Å². The minimum Gasteiger partial charge on any atom is -0.377 e. The van der Waals surface area contributed by atoms with Crippen molar-refractivity contribution < 1.29 is 22.3 Å². The topological polar surface area (TPSA) is 93.5 Å². The summed E-state index contributed by atoms with van der Waals surface area (Å²) >= 11 is 5.96. The molecule has 1 aliphatic rings. The van der Waals surface area contributed by atoms with E-state index in [-0.39, 0.29) is 23.5 Å². The molecule has 0 radical (unpaired) electrons. The zero-order valence-electron chi connectivity index (χ0n) is 21.8. The summed E-state index contributed by atoms with van der Waals surface area (Å²) in [5.41, 5.74) is 2.30. The predicted molar refractivity (Wildman–Crippen MR) is 152 cm³/mol. The molecule has 1 atom stereocenters. The second kappa shape index (κ2) is 11.9. The lowest BCUT2D eigenvalue weighted by Crippen LogP contribution is -2.42. The third-order valence-electron chi connectivity index (χ3n) is 6.66. The summed E-state index contributed by atoms with van der Waals surface area (Å²) in [4.78, 5) is 18.0. The Balaban J connectivity index is 1.45. The number of nitrogens with zero attached hydrogens (tertiary/aromatic N) is 3. The molecular weight excluding hydrogens is 555 g/mol. The van der Waals surface area contributed by atoms with Gasteiger partial charge >= 0.3 is 0 Å². The fraction of sp³-hybridized carbons (Fsp3) is 0.241. The van der Waals surface area contributed by atoms with Crippen molar-refractivity contribution >= 4 is 33.5 Å². The van der Waals surface area contributed by atoms with Crippen LogP contribution < -0.4 is 5.32 Å². The third-order valence-corrected chi connectivity index (χ3v) is 8.74. The number of halogens is 2. The van der Waals surface area contributed by atoms with Crippen LogP contribution in [0.15, 0.2) is 83.9 Å². The molecule has 0 spiro atoms. The fourth-order valence-electron chi connectivity index (χ4n) is 4.49. The van der Waals surface area contributed by atoms with Gasteiger partial charge in [0.15, 0.2) is 0 Å². The monoisotopic (exact) mass is 582 g/mol. The molecule has 0 bridgehead atoms. The number of sulfonamides is 1. The maximum absolute atomic E-state index is 14.5. The van der Waals surface area contributed by atoms with Gasteiger partial charge in [0.1, 0.15) is 5.82 Å². The van der Waals surface area contributed by atoms with E-state index in [0.717, 1.165) is 16.3 Å². The molecule has 0 unspecified atom stereocenters. The predicted octanol–water partition coefficient (Wildman–Crippen LogP) is 5.45. The van der Waals surface area contributed by atoms with Gasteiger partial charge in [-0.25, -0.2) is 17.8 Å². The van der Waals surface area contributed by atoms with Crippen LogP contribution in [-0.4, -0.2) is 54.0 Å². The first-order valence-electron chi connectivity index (χ1n) is 12.8. The van der Waals surface area contributed by atoms with Gasteiger partial charge in [-0.3, -0.25) is 14.7 Å². The lowest BCUT2D eigenvalue weighted by atomic mass is 10.2. The van der Waals surface area contributed by atoms with E-state index in [9.17, 15) is 17.6 Å². The minimum absolute atomic E-state index is 0.0191. The Hall–Kier alpha value is -3.57. The van der Waals surface area contributed by atoms with Crippen LogP contribution >= 0.6 is 11.6 Å². The molecule has 2 heterocycles. The van der Waals surface area contributed by atoms with Crippen molar-refractivity contribution in [1.82, 2.24) is 13.9 Å². The Bertz CT molecular complexity index is 1610. The Kier molecular flexibility index (Phi) is 8.32. The van der Waals surface area contributed by atoms with E-state index in [1.807, 2.05) is 30.3 Å². The molecule has 4 aromatic rings. The first-order chi connectivity index (χ1) is 19.2. The second-order valence-corrected chi connectivity index (χ2v) is 11.9. The smallest absolute Gasteiger partial charge is 0.243 e. The SMILES string of the molecule is Cc1ccc(-n2cc(-c3ccccc3)nc2NC(=O)CN(C[C@@H]2CCCO2)S(=O)(=O)c2ccc(Cl)cc2)cc1F. The number of benzene rings is 3. The highest BCUT2D eigenvalue weighted by Gasteiger charge is 2.31. The molecule has 1 saturated heterocycles. The fourth-order valence-corrected chi connectivity index (χ4v) is 6.04. The molecule has 208 valence electrons. The van der Waals surface area contributed by atoms with Gasteiger partial charge in [0, 0.05) is 29.9 Å². The Labute approximate surface area is 237 Å². The maximum Gasteiger partial charge on any atom is 0.243 e. The first kappa shape index (κ1) is 28.0. The summed E-state index contributed by atoms with van der Waals surface area (Å²) in [5.74, 6) is -0.871. The third kappa shape index (κ3) is 6.26. The highest BCUT2D eigenvalue weighted by molar-refractivity contribution is 7.89. The molecule has 1 aromatic heterocycles. The van der Waals surface area contributed by atoms with Gasteiger partial charge in [-0.05, 0) is 61.7 Å². The van der Waals surface area contributed by atoms with Crippen molar-refractivity contribution in [3.8, 4) is 16.9 Å². The summed E-state index contributed by atoms with van der Waals surface area (Å²) in [6.07, 6.45) is 2.89. The van der Waals surface area contributed by atoms with Gasteiger partial charge in [-0.2, -0.15) is 4.31 Å². The molecule has 40 heavy (non-hydrogen) atoms. The summed E-state index contributed by atoms with van der Waals surface area (Å²) in [6, 6.07) is 19.9. The first-order valence-corrected chi connectivity index (χ1v) is 14.6. The van der Waals surface area contributed by atoms with Crippen LogP contribution in [0.1, 0.15) is 18.4 Å². The largest absolute Gasteiger partial charge is 0.377 e. The maximum atomic E-state index is 14.5. The number of aryl methyl sites for hydroxylation is 1. The van der Waals surface area contributed by atoms with E-state index < -0.39 is 28.3 Å². The number of hydrogen-bond acceptors (Lipinski definition) is 5. The molecule has 1 aliphatic heterocycles. The van der Waals surface area contributed by atoms with E-state index in [0.29, 0.717) is 35.0 Å². The van der Waals surface area contributed by atoms with Crippen molar-refractivity contribution in [2.24, 2.45) is 0 Å². The number of hydrogen-bond donors (Lipinski definition) is 1. The minimum atomic E-state index is -4.05. The van der Waals surface area contributed by atoms with Gasteiger partial charge in [0.2, 0.25) is 21.9 Å². The van der Waals surface area contributed by atoms with E-state index in [4.69, 9.17) is 16.3 Å².